The minimum Gasteiger partial charge on any atom is -0.390 e. The van der Waals surface area contributed by atoms with Crippen LogP contribution in [0.4, 0.5) is 13.2 Å². The van der Waals surface area contributed by atoms with Crippen LogP contribution >= 0.6 is 0 Å². The van der Waals surface area contributed by atoms with Crippen LogP contribution in [0.3, 0.4) is 0 Å². The standard InChI is InChI=1S/C24H37F3N8O/c1-17-5-6-20(12-19(3)32-33(4)14-17)18(2)11-21(30-13-22(29)31-16-28)15-34-7-9-35(10-8-34)23(36)24(25,26)27/h5-6,11-12,14,16,18,22,30H,7-10,13,15,29H2,1-4H3,(H2,28,31)/b6-5?,17-14?,20-12?,21-11-,32-19?. The molecule has 1 saturated heterocycles. The molecule has 1 fully saturated rings. The second-order valence-electron chi connectivity index (χ2n) is 8.96. The fraction of sp³-hybridized carbons (Fsp3) is 0.542. The van der Waals surface area contributed by atoms with Crippen molar-refractivity contribution in [3.8, 4) is 0 Å². The maximum absolute atomic E-state index is 12.8. The van der Waals surface area contributed by atoms with Crippen LogP contribution in [0, 0.1) is 13.8 Å². The highest BCUT2D eigenvalue weighted by Crippen LogP contribution is 2.21. The lowest BCUT2D eigenvalue weighted by Gasteiger charge is -2.35. The van der Waals surface area contributed by atoms with Gasteiger partial charge in [-0.15, -0.1) is 0 Å². The van der Waals surface area contributed by atoms with Crippen molar-refractivity contribution in [3.05, 3.63) is 53.0 Å². The number of carbonyl (C=O) groups is 1. The van der Waals surface area contributed by atoms with E-state index in [-0.39, 0.29) is 19.0 Å². The summed E-state index contributed by atoms with van der Waals surface area (Å²) in [6.07, 6.45) is -0.247. The molecule has 200 valence electrons. The van der Waals surface area contributed by atoms with Gasteiger partial charge in [-0.3, -0.25) is 19.4 Å². The van der Waals surface area contributed by atoms with Gasteiger partial charge >= 0.3 is 12.1 Å². The second kappa shape index (κ2) is 13.3. The summed E-state index contributed by atoms with van der Waals surface area (Å²) in [4.78, 5) is 18.4. The molecule has 1 aliphatic rings. The van der Waals surface area contributed by atoms with Crippen LogP contribution in [0.5, 0.6) is 0 Å². The number of carbonyl (C=O) groups excluding carboxylic acids is 1. The highest BCUT2D eigenvalue weighted by molar-refractivity contribution is 5.81. The van der Waals surface area contributed by atoms with Crippen molar-refractivity contribution in [2.45, 2.75) is 39.0 Å². The average Bonchev–Trinajstić information content (AvgIpc) is 2.85. The molecule has 0 aromatic carbocycles. The summed E-state index contributed by atoms with van der Waals surface area (Å²) in [5.74, 6) is -1.80. The molecular formula is C24H37F3N8O. The molecular weight excluding hydrogens is 473 g/mol. The lowest BCUT2D eigenvalue weighted by Crippen LogP contribution is -2.53. The molecule has 2 atom stereocenters. The number of allylic oxidation sites excluding steroid dienone is 1. The number of nitrogens with zero attached hydrogens (tertiary/aromatic N) is 5. The third-order valence-electron chi connectivity index (χ3n) is 5.71. The molecule has 0 aliphatic carbocycles. The van der Waals surface area contributed by atoms with Crippen LogP contribution in [0.2, 0.25) is 0 Å². The first kappa shape index (κ1) is 29.1. The summed E-state index contributed by atoms with van der Waals surface area (Å²) in [6, 6.07) is 6.09. The largest absolute Gasteiger partial charge is 0.471 e. The molecule has 0 bridgehead atoms. The Morgan fingerprint density at radius 2 is 1.92 bits per heavy atom. The monoisotopic (exact) mass is 510 g/mol. The van der Waals surface area contributed by atoms with E-state index in [4.69, 9.17) is 11.5 Å². The number of nitrogens with one attached hydrogen (secondary N) is 1. The summed E-state index contributed by atoms with van der Waals surface area (Å²) >= 11 is 0. The van der Waals surface area contributed by atoms with E-state index in [0.717, 1.165) is 33.8 Å². The van der Waals surface area contributed by atoms with Crippen LogP contribution in [-0.2, 0) is 11.8 Å². The summed E-state index contributed by atoms with van der Waals surface area (Å²) < 4.78 is 40.1. The molecule has 0 radical (unpaired) electrons. The van der Waals surface area contributed by atoms with E-state index in [1.807, 2.05) is 44.1 Å². The molecule has 5 N–H and O–H groups in total. The van der Waals surface area contributed by atoms with Gasteiger partial charge in [-0.2, -0.15) is 18.3 Å². The fourth-order valence-electron chi connectivity index (χ4n) is 3.94. The Balaban J connectivity index is 2.24. The van der Waals surface area contributed by atoms with Gasteiger partial charge in [-0.1, -0.05) is 25.1 Å². The normalized spacial score (nSPS) is 17.1. The van der Waals surface area contributed by atoms with E-state index in [1.165, 1.54) is 0 Å². The van der Waals surface area contributed by atoms with E-state index in [0.29, 0.717) is 26.2 Å². The first-order valence-corrected chi connectivity index (χ1v) is 11.8. The topological polar surface area (TPSA) is 118 Å². The van der Waals surface area contributed by atoms with Gasteiger partial charge in [0.05, 0.1) is 12.0 Å². The van der Waals surface area contributed by atoms with Crippen LogP contribution in [0.15, 0.2) is 41.2 Å². The second-order valence-corrected chi connectivity index (χ2v) is 8.96. The van der Waals surface area contributed by atoms with Gasteiger partial charge in [0, 0.05) is 64.1 Å². The molecule has 1 amide bonds. The van der Waals surface area contributed by atoms with Crippen LogP contribution in [0.25, 0.3) is 0 Å². The zero-order chi connectivity index (χ0) is 26.9. The third kappa shape index (κ3) is 9.50. The average molecular weight is 511 g/mol. The van der Waals surface area contributed by atoms with Crippen molar-refractivity contribution < 1.29 is 18.0 Å². The van der Waals surface area contributed by atoms with Gasteiger partial charge in [-0.25, -0.2) is 0 Å². The van der Waals surface area contributed by atoms with Gasteiger partial charge in [0.1, 0.15) is 6.17 Å². The number of hydrogen-bond acceptors (Lipinski definition) is 6. The summed E-state index contributed by atoms with van der Waals surface area (Å²) in [5.41, 5.74) is 15.1. The number of aliphatic imine (C=N–C) groups is 1. The Bertz CT molecular complexity index is 996. The summed E-state index contributed by atoms with van der Waals surface area (Å²) in [7, 11) is 1.88. The van der Waals surface area contributed by atoms with Crippen molar-refractivity contribution >= 4 is 12.2 Å². The van der Waals surface area contributed by atoms with Crippen LogP contribution in [0.1, 0.15) is 29.7 Å². The van der Waals surface area contributed by atoms with Crippen LogP contribution < -0.4 is 16.8 Å². The van der Waals surface area contributed by atoms with E-state index in [2.05, 4.69) is 34.5 Å². The fourth-order valence-corrected chi connectivity index (χ4v) is 3.94. The minimum absolute atomic E-state index is 0.00700. The molecule has 1 aromatic heterocycles. The van der Waals surface area contributed by atoms with E-state index in [1.54, 1.807) is 4.68 Å². The predicted molar refractivity (Wildman–Crippen MR) is 135 cm³/mol. The molecule has 0 spiro atoms. The number of nitrogens with two attached hydrogens (primary N) is 2. The number of aromatic nitrogens is 2. The Kier molecular flexibility index (Phi) is 10.7. The number of halogens is 3. The Hall–Kier alpha value is -3.12. The lowest BCUT2D eigenvalue weighted by atomic mass is 10.00. The SMILES string of the molecule is Cc1ccc(C(C)/C=C(/CN2CCN(C(=O)C(F)(F)F)CC2)NCC(N)/N=C\N)cc(C)nn(C)c1. The Morgan fingerprint density at radius 1 is 1.25 bits per heavy atom. The first-order valence-electron chi connectivity index (χ1n) is 11.8. The molecule has 1 aliphatic heterocycles. The van der Waals surface area contributed by atoms with Crippen molar-refractivity contribution in [2.24, 2.45) is 23.5 Å². The number of amides is 1. The number of aryl methyl sites for hydroxylation is 3. The van der Waals surface area contributed by atoms with Gasteiger partial charge in [-0.05, 0) is 31.0 Å². The van der Waals surface area contributed by atoms with Crippen molar-refractivity contribution in [2.75, 3.05) is 39.3 Å². The van der Waals surface area contributed by atoms with Crippen molar-refractivity contribution in [3.63, 3.8) is 0 Å². The highest BCUT2D eigenvalue weighted by Gasteiger charge is 2.43. The Labute approximate surface area is 210 Å². The highest BCUT2D eigenvalue weighted by atomic mass is 19.4. The third-order valence-corrected chi connectivity index (χ3v) is 5.71. The molecule has 2 rings (SSSR count). The zero-order valence-corrected chi connectivity index (χ0v) is 21.3. The minimum atomic E-state index is -4.86. The number of piperazine rings is 1. The van der Waals surface area contributed by atoms with E-state index < -0.39 is 18.2 Å². The quantitative estimate of drug-likeness (QED) is 0.362. The van der Waals surface area contributed by atoms with Crippen molar-refractivity contribution in [1.29, 1.82) is 0 Å². The summed E-state index contributed by atoms with van der Waals surface area (Å²) in [5, 5.41) is 7.84. The van der Waals surface area contributed by atoms with Gasteiger partial charge in [0.25, 0.3) is 0 Å². The van der Waals surface area contributed by atoms with Gasteiger partial charge in [0.2, 0.25) is 0 Å². The van der Waals surface area contributed by atoms with Crippen molar-refractivity contribution in [1.82, 2.24) is 24.9 Å². The zero-order valence-electron chi connectivity index (χ0n) is 21.3. The molecule has 1 aromatic rings. The number of hydrogen-bond donors (Lipinski definition) is 3. The molecule has 9 nitrogen and oxygen atoms in total. The smallest absolute Gasteiger partial charge is 0.390 e. The first-order chi connectivity index (χ1) is 16.9. The summed E-state index contributed by atoms with van der Waals surface area (Å²) in [6.45, 7) is 7.46. The maximum atomic E-state index is 12.8. The molecule has 36 heavy (non-hydrogen) atoms. The molecule has 2 unspecified atom stereocenters. The maximum Gasteiger partial charge on any atom is 0.471 e. The molecule has 12 heteroatoms. The van der Waals surface area contributed by atoms with E-state index >= 15 is 0 Å². The predicted octanol–water partition coefficient (Wildman–Crippen LogP) is 1.72. The lowest BCUT2D eigenvalue weighted by molar-refractivity contribution is -0.186. The number of alkyl halides is 3. The Morgan fingerprint density at radius 3 is 2.53 bits per heavy atom. The van der Waals surface area contributed by atoms with Crippen LogP contribution in [-0.4, -0.2) is 83.4 Å². The molecule has 0 saturated carbocycles. The number of rotatable bonds is 8. The van der Waals surface area contributed by atoms with Gasteiger partial charge < -0.3 is 21.7 Å². The van der Waals surface area contributed by atoms with Gasteiger partial charge in [0.15, 0.2) is 0 Å². The molecule has 2 heterocycles. The van der Waals surface area contributed by atoms with E-state index in [9.17, 15) is 18.0 Å².